The molecule has 0 fully saturated rings. The Hall–Kier alpha value is -3.11. The third kappa shape index (κ3) is 4.74. The second-order valence-electron chi connectivity index (χ2n) is 5.70. The van der Waals surface area contributed by atoms with Crippen molar-refractivity contribution in [2.45, 2.75) is 6.92 Å². The molecule has 1 aromatic heterocycles. The molecule has 0 N–H and O–H groups in total. The molecule has 0 spiro atoms. The van der Waals surface area contributed by atoms with E-state index in [0.717, 1.165) is 5.56 Å². The second kappa shape index (κ2) is 8.52. The van der Waals surface area contributed by atoms with E-state index in [0.29, 0.717) is 34.3 Å². The molecular weight excluding hydrogens is 364 g/mol. The van der Waals surface area contributed by atoms with Gasteiger partial charge in [-0.3, -0.25) is 4.79 Å². The molecule has 136 valence electrons. The van der Waals surface area contributed by atoms with Gasteiger partial charge < -0.3 is 9.15 Å². The van der Waals surface area contributed by atoms with E-state index >= 15 is 0 Å². The van der Waals surface area contributed by atoms with Gasteiger partial charge >= 0.3 is 5.97 Å². The van der Waals surface area contributed by atoms with Gasteiger partial charge in [0.2, 0.25) is 0 Å². The van der Waals surface area contributed by atoms with Crippen LogP contribution in [0.5, 0.6) is 0 Å². The van der Waals surface area contributed by atoms with E-state index in [1.807, 2.05) is 6.07 Å². The van der Waals surface area contributed by atoms with Crippen molar-refractivity contribution in [1.29, 1.82) is 0 Å². The zero-order valence-corrected chi connectivity index (χ0v) is 15.4. The summed E-state index contributed by atoms with van der Waals surface area (Å²) in [6.45, 7) is 2.10. The van der Waals surface area contributed by atoms with Gasteiger partial charge in [0.1, 0.15) is 11.5 Å². The Morgan fingerprint density at radius 2 is 1.63 bits per heavy atom. The molecule has 0 saturated carbocycles. The van der Waals surface area contributed by atoms with Gasteiger partial charge in [0, 0.05) is 16.1 Å². The van der Waals surface area contributed by atoms with E-state index in [-0.39, 0.29) is 11.8 Å². The van der Waals surface area contributed by atoms with Gasteiger partial charge in [-0.2, -0.15) is 0 Å². The van der Waals surface area contributed by atoms with Gasteiger partial charge in [-0.15, -0.1) is 0 Å². The topological polar surface area (TPSA) is 56.5 Å². The SMILES string of the molecule is CCOC(=O)c1ccc(-c2ccc(C=CC(=O)c3ccc(Cl)cc3)o2)cc1. The number of ether oxygens (including phenoxy) is 1. The smallest absolute Gasteiger partial charge is 0.338 e. The van der Waals surface area contributed by atoms with Gasteiger partial charge in [-0.1, -0.05) is 23.7 Å². The van der Waals surface area contributed by atoms with E-state index < -0.39 is 0 Å². The van der Waals surface area contributed by atoms with E-state index in [9.17, 15) is 9.59 Å². The number of ketones is 1. The molecule has 0 bridgehead atoms. The molecule has 5 heteroatoms. The fourth-order valence-corrected chi connectivity index (χ4v) is 2.58. The van der Waals surface area contributed by atoms with Gasteiger partial charge in [-0.05, 0) is 67.6 Å². The molecule has 2 aromatic carbocycles. The van der Waals surface area contributed by atoms with Crippen LogP contribution < -0.4 is 0 Å². The van der Waals surface area contributed by atoms with Crippen molar-refractivity contribution in [3.05, 3.63) is 88.6 Å². The number of benzene rings is 2. The molecule has 0 aliphatic carbocycles. The van der Waals surface area contributed by atoms with Crippen LogP contribution in [0.25, 0.3) is 17.4 Å². The summed E-state index contributed by atoms with van der Waals surface area (Å²) in [6.07, 6.45) is 3.07. The summed E-state index contributed by atoms with van der Waals surface area (Å²) < 4.78 is 10.7. The van der Waals surface area contributed by atoms with Crippen LogP contribution in [0.15, 0.2) is 71.2 Å². The molecule has 0 aliphatic rings. The van der Waals surface area contributed by atoms with Crippen LogP contribution in [0.2, 0.25) is 5.02 Å². The standard InChI is InChI=1S/C22H17ClO4/c1-2-26-22(25)17-5-3-16(4-6-17)21-14-12-19(27-21)11-13-20(24)15-7-9-18(23)10-8-15/h3-14H,2H2,1H3. The monoisotopic (exact) mass is 380 g/mol. The maximum atomic E-state index is 12.1. The summed E-state index contributed by atoms with van der Waals surface area (Å²) in [5.41, 5.74) is 1.87. The molecule has 0 unspecified atom stereocenters. The minimum atomic E-state index is -0.354. The lowest BCUT2D eigenvalue weighted by molar-refractivity contribution is 0.0526. The summed E-state index contributed by atoms with van der Waals surface area (Å²) in [6, 6.07) is 17.2. The van der Waals surface area contributed by atoms with Crippen LogP contribution in [0, 0.1) is 0 Å². The Bertz CT molecular complexity index is 966. The molecule has 0 amide bonds. The lowest BCUT2D eigenvalue weighted by Crippen LogP contribution is -2.03. The van der Waals surface area contributed by atoms with Crippen molar-refractivity contribution in [3.63, 3.8) is 0 Å². The first-order valence-corrected chi connectivity index (χ1v) is 8.80. The zero-order chi connectivity index (χ0) is 19.2. The van der Waals surface area contributed by atoms with Gasteiger partial charge in [0.15, 0.2) is 5.78 Å². The highest BCUT2D eigenvalue weighted by Gasteiger charge is 2.08. The van der Waals surface area contributed by atoms with Crippen molar-refractivity contribution in [2.75, 3.05) is 6.61 Å². The molecule has 0 radical (unpaired) electrons. The van der Waals surface area contributed by atoms with Crippen molar-refractivity contribution < 1.29 is 18.7 Å². The number of hydrogen-bond donors (Lipinski definition) is 0. The van der Waals surface area contributed by atoms with Gasteiger partial charge in [0.25, 0.3) is 0 Å². The Kier molecular flexibility index (Phi) is 5.89. The largest absolute Gasteiger partial charge is 0.462 e. The van der Waals surface area contributed by atoms with Crippen molar-refractivity contribution in [2.24, 2.45) is 0 Å². The predicted octanol–water partition coefficient (Wildman–Crippen LogP) is 5.67. The molecule has 0 atom stereocenters. The van der Waals surface area contributed by atoms with E-state index in [2.05, 4.69) is 0 Å². The number of carbonyl (C=O) groups excluding carboxylic acids is 2. The minimum Gasteiger partial charge on any atom is -0.462 e. The first-order valence-electron chi connectivity index (χ1n) is 8.42. The fraction of sp³-hybridized carbons (Fsp3) is 0.0909. The molecule has 0 saturated heterocycles. The molecule has 4 nitrogen and oxygen atoms in total. The Morgan fingerprint density at radius 3 is 2.30 bits per heavy atom. The van der Waals surface area contributed by atoms with Gasteiger partial charge in [0.05, 0.1) is 12.2 Å². The molecule has 3 aromatic rings. The maximum Gasteiger partial charge on any atom is 0.338 e. The Morgan fingerprint density at radius 1 is 0.963 bits per heavy atom. The number of halogens is 1. The number of hydrogen-bond acceptors (Lipinski definition) is 4. The van der Waals surface area contributed by atoms with Crippen LogP contribution >= 0.6 is 11.6 Å². The molecule has 0 aliphatic heterocycles. The van der Waals surface area contributed by atoms with Crippen molar-refractivity contribution in [3.8, 4) is 11.3 Å². The lowest BCUT2D eigenvalue weighted by atomic mass is 10.1. The number of furan rings is 1. The summed E-state index contributed by atoms with van der Waals surface area (Å²) in [5.74, 6) is 0.710. The predicted molar refractivity (Wildman–Crippen MR) is 105 cm³/mol. The highest BCUT2D eigenvalue weighted by atomic mass is 35.5. The number of rotatable bonds is 6. The number of esters is 1. The van der Waals surface area contributed by atoms with Gasteiger partial charge in [-0.25, -0.2) is 4.79 Å². The third-order valence-electron chi connectivity index (χ3n) is 3.84. The van der Waals surface area contributed by atoms with Crippen LogP contribution in [0.4, 0.5) is 0 Å². The number of carbonyl (C=O) groups is 2. The molecule has 3 rings (SSSR count). The average Bonchev–Trinajstić information content (AvgIpc) is 3.16. The third-order valence-corrected chi connectivity index (χ3v) is 4.09. The van der Waals surface area contributed by atoms with Crippen LogP contribution in [-0.4, -0.2) is 18.4 Å². The fourth-order valence-electron chi connectivity index (χ4n) is 2.45. The summed E-state index contributed by atoms with van der Waals surface area (Å²) in [7, 11) is 0. The molecule has 1 heterocycles. The van der Waals surface area contributed by atoms with Crippen LogP contribution in [-0.2, 0) is 4.74 Å². The molecular formula is C22H17ClO4. The summed E-state index contributed by atoms with van der Waals surface area (Å²) in [5, 5.41) is 0.584. The van der Waals surface area contributed by atoms with Crippen LogP contribution in [0.3, 0.4) is 0 Å². The normalized spacial score (nSPS) is 10.9. The Labute approximate surface area is 162 Å². The van der Waals surface area contributed by atoms with Crippen LogP contribution in [0.1, 0.15) is 33.4 Å². The molecule has 27 heavy (non-hydrogen) atoms. The van der Waals surface area contributed by atoms with Crippen molar-refractivity contribution in [1.82, 2.24) is 0 Å². The van der Waals surface area contributed by atoms with E-state index in [1.165, 1.54) is 6.08 Å². The minimum absolute atomic E-state index is 0.136. The zero-order valence-electron chi connectivity index (χ0n) is 14.6. The van der Waals surface area contributed by atoms with E-state index in [1.54, 1.807) is 67.6 Å². The maximum absolute atomic E-state index is 12.1. The Balaban J connectivity index is 1.70. The number of allylic oxidation sites excluding steroid dienone is 1. The average molecular weight is 381 g/mol. The highest BCUT2D eigenvalue weighted by Crippen LogP contribution is 2.23. The second-order valence-corrected chi connectivity index (χ2v) is 6.14. The summed E-state index contributed by atoms with van der Waals surface area (Å²) in [4.78, 5) is 23.8. The van der Waals surface area contributed by atoms with E-state index in [4.69, 9.17) is 20.8 Å². The van der Waals surface area contributed by atoms with Crippen molar-refractivity contribution >= 4 is 29.4 Å². The highest BCUT2D eigenvalue weighted by molar-refractivity contribution is 6.30. The lowest BCUT2D eigenvalue weighted by Gasteiger charge is -2.02. The first-order chi connectivity index (χ1) is 13.1. The quantitative estimate of drug-likeness (QED) is 0.314. The first kappa shape index (κ1) is 18.7. The summed E-state index contributed by atoms with van der Waals surface area (Å²) >= 11 is 5.82.